The molecular weight excluding hydrogens is 335 g/mol. The predicted molar refractivity (Wildman–Crippen MR) is 97.4 cm³/mol. The number of aryl methyl sites for hydroxylation is 2. The van der Waals surface area contributed by atoms with Gasteiger partial charge in [-0.25, -0.2) is 9.18 Å². The van der Waals surface area contributed by atoms with E-state index in [2.05, 4.69) is 4.98 Å². The molecule has 1 fully saturated rings. The van der Waals surface area contributed by atoms with Crippen LogP contribution in [0, 0.1) is 19.8 Å². The molecule has 0 radical (unpaired) electrons. The lowest BCUT2D eigenvalue weighted by molar-refractivity contribution is -0.0502. The highest BCUT2D eigenvalue weighted by Gasteiger charge is 2.52. The fourth-order valence-electron chi connectivity index (χ4n) is 3.49. The normalized spacial score (nSPS) is 28.3. The summed E-state index contributed by atoms with van der Waals surface area (Å²) >= 11 is 0. The SMILES string of the molecule is CC[C@H]1O[C@@H](n2ccc(Oc3c(C)cccc3C)nc2=O)C(C)(F)[C@H]1C. The smallest absolute Gasteiger partial charge is 0.353 e. The zero-order chi connectivity index (χ0) is 19.1. The van der Waals surface area contributed by atoms with Gasteiger partial charge < -0.3 is 9.47 Å². The second-order valence-corrected chi connectivity index (χ2v) is 7.15. The minimum Gasteiger partial charge on any atom is -0.438 e. The van der Waals surface area contributed by atoms with Crippen LogP contribution in [0.4, 0.5) is 4.39 Å². The molecule has 1 unspecified atom stereocenters. The van der Waals surface area contributed by atoms with Crippen molar-refractivity contribution in [2.75, 3.05) is 0 Å². The van der Waals surface area contributed by atoms with Crippen molar-refractivity contribution in [1.82, 2.24) is 9.55 Å². The van der Waals surface area contributed by atoms with Gasteiger partial charge in [-0.15, -0.1) is 0 Å². The van der Waals surface area contributed by atoms with Gasteiger partial charge >= 0.3 is 5.69 Å². The van der Waals surface area contributed by atoms with Gasteiger partial charge in [0, 0.05) is 18.2 Å². The zero-order valence-electron chi connectivity index (χ0n) is 15.8. The molecule has 1 aromatic heterocycles. The van der Waals surface area contributed by atoms with Crippen LogP contribution in [0.5, 0.6) is 11.6 Å². The molecule has 6 heteroatoms. The number of aromatic nitrogens is 2. The van der Waals surface area contributed by atoms with Gasteiger partial charge in [-0.1, -0.05) is 32.0 Å². The Bertz CT molecular complexity index is 842. The lowest BCUT2D eigenvalue weighted by Gasteiger charge is -2.25. The minimum absolute atomic E-state index is 0.183. The maximum absolute atomic E-state index is 15.2. The van der Waals surface area contributed by atoms with Crippen LogP contribution in [-0.4, -0.2) is 21.3 Å². The van der Waals surface area contributed by atoms with Crippen LogP contribution in [0.2, 0.25) is 0 Å². The highest BCUT2D eigenvalue weighted by Crippen LogP contribution is 2.45. The van der Waals surface area contributed by atoms with E-state index >= 15 is 4.39 Å². The van der Waals surface area contributed by atoms with E-state index in [0.29, 0.717) is 12.2 Å². The van der Waals surface area contributed by atoms with Gasteiger partial charge in [0.15, 0.2) is 11.9 Å². The van der Waals surface area contributed by atoms with Gasteiger partial charge in [0.1, 0.15) is 5.75 Å². The summed E-state index contributed by atoms with van der Waals surface area (Å²) in [6.07, 6.45) is 0.961. The monoisotopic (exact) mass is 360 g/mol. The van der Waals surface area contributed by atoms with E-state index in [1.165, 1.54) is 17.7 Å². The van der Waals surface area contributed by atoms with Crippen molar-refractivity contribution in [3.63, 3.8) is 0 Å². The highest BCUT2D eigenvalue weighted by molar-refractivity contribution is 5.41. The summed E-state index contributed by atoms with van der Waals surface area (Å²) in [6, 6.07) is 7.36. The lowest BCUT2D eigenvalue weighted by Crippen LogP contribution is -2.38. The molecule has 5 nitrogen and oxygen atoms in total. The van der Waals surface area contributed by atoms with E-state index < -0.39 is 17.6 Å². The van der Waals surface area contributed by atoms with Gasteiger partial charge in [0.25, 0.3) is 0 Å². The van der Waals surface area contributed by atoms with Crippen LogP contribution >= 0.6 is 0 Å². The van der Waals surface area contributed by atoms with Gasteiger partial charge in [-0.3, -0.25) is 4.57 Å². The molecule has 1 aliphatic heterocycles. The van der Waals surface area contributed by atoms with Gasteiger partial charge in [-0.05, 0) is 38.3 Å². The predicted octanol–water partition coefficient (Wildman–Crippen LogP) is 4.32. The van der Waals surface area contributed by atoms with Gasteiger partial charge in [0.05, 0.1) is 6.10 Å². The van der Waals surface area contributed by atoms with Crippen molar-refractivity contribution in [3.05, 3.63) is 52.1 Å². The third-order valence-electron chi connectivity index (χ3n) is 5.31. The summed E-state index contributed by atoms with van der Waals surface area (Å²) in [7, 11) is 0. The molecule has 0 bridgehead atoms. The molecule has 0 amide bonds. The Morgan fingerprint density at radius 1 is 1.31 bits per heavy atom. The maximum atomic E-state index is 15.2. The molecule has 140 valence electrons. The Balaban J connectivity index is 1.90. The summed E-state index contributed by atoms with van der Waals surface area (Å²) in [5, 5.41) is 0. The molecular formula is C20H25FN2O3. The van der Waals surface area contributed by atoms with E-state index in [9.17, 15) is 4.79 Å². The Kier molecular flexibility index (Phi) is 4.88. The first kappa shape index (κ1) is 18.6. The van der Waals surface area contributed by atoms with Crippen molar-refractivity contribution >= 4 is 0 Å². The summed E-state index contributed by atoms with van der Waals surface area (Å²) in [5.74, 6) is 0.543. The second kappa shape index (κ2) is 6.83. The Morgan fingerprint density at radius 3 is 2.50 bits per heavy atom. The number of benzene rings is 1. The van der Waals surface area contributed by atoms with Gasteiger partial charge in [-0.2, -0.15) is 4.98 Å². The lowest BCUT2D eigenvalue weighted by atomic mass is 9.88. The molecule has 26 heavy (non-hydrogen) atoms. The largest absolute Gasteiger partial charge is 0.438 e. The van der Waals surface area contributed by atoms with Crippen LogP contribution < -0.4 is 10.4 Å². The van der Waals surface area contributed by atoms with E-state index in [-0.39, 0.29) is 17.9 Å². The summed E-state index contributed by atoms with van der Waals surface area (Å²) < 4.78 is 28.0. The van der Waals surface area contributed by atoms with Crippen molar-refractivity contribution in [3.8, 4) is 11.6 Å². The number of nitrogens with zero attached hydrogens (tertiary/aromatic N) is 2. The highest BCUT2D eigenvalue weighted by atomic mass is 19.1. The van der Waals surface area contributed by atoms with Crippen LogP contribution in [0.15, 0.2) is 35.3 Å². The Hall–Kier alpha value is -2.21. The molecule has 0 N–H and O–H groups in total. The molecule has 1 aromatic carbocycles. The quantitative estimate of drug-likeness (QED) is 0.815. The number of hydrogen-bond acceptors (Lipinski definition) is 4. The average Bonchev–Trinajstić information content (AvgIpc) is 2.81. The molecule has 4 atom stereocenters. The maximum Gasteiger partial charge on any atom is 0.353 e. The molecule has 3 rings (SSSR count). The van der Waals surface area contributed by atoms with E-state index in [0.717, 1.165) is 11.1 Å². The molecule has 1 saturated heterocycles. The summed E-state index contributed by atoms with van der Waals surface area (Å²) in [4.78, 5) is 16.5. The Labute approximate surface area is 152 Å². The first-order chi connectivity index (χ1) is 12.3. The van der Waals surface area contributed by atoms with Gasteiger partial charge in [0.2, 0.25) is 5.88 Å². The number of rotatable bonds is 4. The fourth-order valence-corrected chi connectivity index (χ4v) is 3.49. The van der Waals surface area contributed by atoms with E-state index in [1.54, 1.807) is 6.07 Å². The molecule has 0 saturated carbocycles. The van der Waals surface area contributed by atoms with Crippen molar-refractivity contribution in [2.45, 2.75) is 59.0 Å². The first-order valence-corrected chi connectivity index (χ1v) is 8.93. The second-order valence-electron chi connectivity index (χ2n) is 7.15. The van der Waals surface area contributed by atoms with E-state index in [1.807, 2.05) is 45.9 Å². The van der Waals surface area contributed by atoms with Crippen LogP contribution in [0.25, 0.3) is 0 Å². The fraction of sp³-hybridized carbons (Fsp3) is 0.500. The van der Waals surface area contributed by atoms with E-state index in [4.69, 9.17) is 9.47 Å². The average molecular weight is 360 g/mol. The minimum atomic E-state index is -1.65. The molecule has 1 aliphatic rings. The molecule has 2 heterocycles. The number of ether oxygens (including phenoxy) is 2. The number of alkyl halides is 1. The molecule has 0 aliphatic carbocycles. The molecule has 0 spiro atoms. The van der Waals surface area contributed by atoms with Crippen LogP contribution in [0.3, 0.4) is 0 Å². The van der Waals surface area contributed by atoms with Crippen molar-refractivity contribution < 1.29 is 13.9 Å². The van der Waals surface area contributed by atoms with Crippen LogP contribution in [-0.2, 0) is 4.74 Å². The zero-order valence-corrected chi connectivity index (χ0v) is 15.8. The third-order valence-corrected chi connectivity index (χ3v) is 5.31. The van der Waals surface area contributed by atoms with Crippen molar-refractivity contribution in [1.29, 1.82) is 0 Å². The standard InChI is InChI=1S/C20H25FN2O3/c1-6-15-14(4)20(5,21)18(25-15)23-11-10-16(22-19(23)24)26-17-12(2)8-7-9-13(17)3/h7-11,14-15,18H,6H2,1-5H3/t14-,15+,18+,20?/m0/s1. The first-order valence-electron chi connectivity index (χ1n) is 8.93. The topological polar surface area (TPSA) is 53.4 Å². The number of hydrogen-bond donors (Lipinski definition) is 0. The molecule has 2 aromatic rings. The van der Waals surface area contributed by atoms with Crippen molar-refractivity contribution in [2.24, 2.45) is 5.92 Å². The Morgan fingerprint density at radius 2 is 1.96 bits per heavy atom. The third kappa shape index (κ3) is 3.14. The summed E-state index contributed by atoms with van der Waals surface area (Å²) in [6.45, 7) is 9.09. The number of para-hydroxylation sites is 1. The summed E-state index contributed by atoms with van der Waals surface area (Å²) in [5.41, 5.74) is -0.343. The number of halogens is 1. The van der Waals surface area contributed by atoms with Crippen LogP contribution in [0.1, 0.15) is 44.5 Å².